The highest BCUT2D eigenvalue weighted by Crippen LogP contribution is 2.36. The number of nitrogens with zero attached hydrogens (tertiary/aromatic N) is 1. The maximum Gasteiger partial charge on any atom is 0.707 e. The second-order valence-electron chi connectivity index (χ2n) is 4.44. The van der Waals surface area contributed by atoms with Crippen molar-refractivity contribution in [3.8, 4) is 5.75 Å². The lowest BCUT2D eigenvalue weighted by Gasteiger charge is -2.02. The van der Waals surface area contributed by atoms with E-state index in [0.29, 0.717) is 15.3 Å². The zero-order valence-electron chi connectivity index (χ0n) is 10.1. The average Bonchev–Trinajstić information content (AvgIpc) is 2.96. The molecular formula is C11H10BFN2O4S. The number of hydrogen-bond donors (Lipinski definition) is 3. The molecule has 2 unspecified atom stereocenters. The Labute approximate surface area is 117 Å². The van der Waals surface area contributed by atoms with Crippen LogP contribution in [0.25, 0.3) is 10.2 Å². The minimum atomic E-state index is -1.89. The smallest absolute Gasteiger partial charge is 0.512 e. The first kappa shape index (κ1) is 13.3. The van der Waals surface area contributed by atoms with Crippen molar-refractivity contribution in [1.29, 1.82) is 0 Å². The minimum Gasteiger partial charge on any atom is -0.512 e. The number of nitrogens with one attached hydrogen (secondary N) is 1. The van der Waals surface area contributed by atoms with Gasteiger partial charge in [-0.2, -0.15) is 0 Å². The van der Waals surface area contributed by atoms with Crippen LogP contribution in [-0.2, 0) is 4.79 Å². The van der Waals surface area contributed by atoms with Crippen LogP contribution in [0, 0.1) is 5.92 Å². The van der Waals surface area contributed by atoms with E-state index >= 15 is 0 Å². The summed E-state index contributed by atoms with van der Waals surface area (Å²) < 4.78 is 18.2. The molecule has 0 radical (unpaired) electrons. The van der Waals surface area contributed by atoms with Gasteiger partial charge >= 0.3 is 7.32 Å². The van der Waals surface area contributed by atoms with E-state index in [9.17, 15) is 9.18 Å². The zero-order valence-corrected chi connectivity index (χ0v) is 10.9. The molecule has 3 rings (SSSR count). The number of fused-ring (bicyclic) bond motifs is 1. The maximum absolute atomic E-state index is 12.8. The number of alkyl halides is 1. The predicted molar refractivity (Wildman–Crippen MR) is 72.1 cm³/mol. The van der Waals surface area contributed by atoms with Crippen LogP contribution in [0.2, 0.25) is 0 Å². The molecule has 1 aliphatic carbocycles. The molecule has 0 spiro atoms. The van der Waals surface area contributed by atoms with E-state index in [-0.39, 0.29) is 18.1 Å². The molecule has 104 valence electrons. The lowest BCUT2D eigenvalue weighted by molar-refractivity contribution is -0.117. The first-order chi connectivity index (χ1) is 9.52. The summed E-state index contributed by atoms with van der Waals surface area (Å²) in [5, 5.41) is 20.4. The summed E-state index contributed by atoms with van der Waals surface area (Å²) >= 11 is 1.20. The molecule has 3 N–H and O–H groups in total. The summed E-state index contributed by atoms with van der Waals surface area (Å²) in [4.78, 5) is 15.8. The van der Waals surface area contributed by atoms with Crippen LogP contribution in [0.15, 0.2) is 18.2 Å². The summed E-state index contributed by atoms with van der Waals surface area (Å²) in [5.41, 5.74) is 0.637. The van der Waals surface area contributed by atoms with E-state index in [4.69, 9.17) is 14.7 Å². The summed E-state index contributed by atoms with van der Waals surface area (Å²) in [7, 11) is -1.89. The van der Waals surface area contributed by atoms with Gasteiger partial charge in [0.25, 0.3) is 0 Å². The van der Waals surface area contributed by atoms with Gasteiger partial charge in [-0.15, -0.1) is 0 Å². The molecule has 2 aromatic rings. The van der Waals surface area contributed by atoms with Gasteiger partial charge in [-0.1, -0.05) is 11.3 Å². The summed E-state index contributed by atoms with van der Waals surface area (Å²) in [6, 6.07) is 4.75. The number of carbonyl (C=O) groups is 1. The molecule has 9 heteroatoms. The summed E-state index contributed by atoms with van der Waals surface area (Å²) in [5.74, 6) is -0.649. The molecular weight excluding hydrogens is 286 g/mol. The lowest BCUT2D eigenvalue weighted by atomic mass is 10.2. The molecule has 1 aromatic heterocycles. The molecule has 1 saturated carbocycles. The van der Waals surface area contributed by atoms with Gasteiger partial charge in [0.1, 0.15) is 11.9 Å². The van der Waals surface area contributed by atoms with Crippen LogP contribution in [0.4, 0.5) is 9.52 Å². The number of amides is 1. The van der Waals surface area contributed by atoms with Crippen molar-refractivity contribution in [3.05, 3.63) is 18.2 Å². The van der Waals surface area contributed by atoms with Crippen molar-refractivity contribution in [2.24, 2.45) is 5.92 Å². The molecule has 6 nitrogen and oxygen atoms in total. The number of halogens is 1. The van der Waals surface area contributed by atoms with E-state index in [1.54, 1.807) is 12.1 Å². The van der Waals surface area contributed by atoms with E-state index in [1.165, 1.54) is 17.4 Å². The van der Waals surface area contributed by atoms with Crippen LogP contribution in [-0.4, -0.2) is 34.4 Å². The Hall–Kier alpha value is -1.71. The van der Waals surface area contributed by atoms with E-state index in [0.717, 1.165) is 0 Å². The Morgan fingerprint density at radius 2 is 2.30 bits per heavy atom. The number of carbonyl (C=O) groups excluding carboxylic acids is 1. The van der Waals surface area contributed by atoms with Crippen LogP contribution in [0.5, 0.6) is 5.75 Å². The normalized spacial score (nSPS) is 20.8. The molecule has 0 bridgehead atoms. The number of aromatic nitrogens is 1. The number of anilines is 1. The topological polar surface area (TPSA) is 91.7 Å². The van der Waals surface area contributed by atoms with Gasteiger partial charge in [-0.3, -0.25) is 4.79 Å². The first-order valence-corrected chi connectivity index (χ1v) is 6.73. The van der Waals surface area contributed by atoms with Gasteiger partial charge in [0.05, 0.1) is 16.1 Å². The molecule has 1 fully saturated rings. The highest BCUT2D eigenvalue weighted by molar-refractivity contribution is 7.22. The van der Waals surface area contributed by atoms with Crippen molar-refractivity contribution >= 4 is 39.9 Å². The van der Waals surface area contributed by atoms with Crippen LogP contribution in [0.1, 0.15) is 6.42 Å². The minimum absolute atomic E-state index is 0.267. The third-order valence-electron chi connectivity index (χ3n) is 2.88. The fourth-order valence-corrected chi connectivity index (χ4v) is 2.68. The Bertz CT molecular complexity index is 665. The van der Waals surface area contributed by atoms with E-state index < -0.39 is 19.4 Å². The zero-order chi connectivity index (χ0) is 14.3. The van der Waals surface area contributed by atoms with Crippen molar-refractivity contribution in [2.45, 2.75) is 12.6 Å². The molecule has 0 saturated heterocycles. The lowest BCUT2D eigenvalue weighted by Crippen LogP contribution is -2.20. The number of rotatable bonds is 4. The molecule has 1 heterocycles. The van der Waals surface area contributed by atoms with E-state index in [1.807, 2.05) is 0 Å². The Morgan fingerprint density at radius 1 is 1.55 bits per heavy atom. The molecule has 1 aromatic carbocycles. The maximum atomic E-state index is 12.8. The predicted octanol–water partition coefficient (Wildman–Crippen LogP) is 0.941. The van der Waals surface area contributed by atoms with Gasteiger partial charge in [0.15, 0.2) is 5.13 Å². The van der Waals surface area contributed by atoms with Crippen molar-refractivity contribution in [1.82, 2.24) is 4.98 Å². The van der Waals surface area contributed by atoms with Crippen molar-refractivity contribution < 1.29 is 23.9 Å². The molecule has 2 atom stereocenters. The molecule has 1 aliphatic rings. The van der Waals surface area contributed by atoms with Crippen molar-refractivity contribution in [2.75, 3.05) is 5.32 Å². The second-order valence-corrected chi connectivity index (χ2v) is 5.47. The Kier molecular flexibility index (Phi) is 3.32. The molecule has 20 heavy (non-hydrogen) atoms. The second kappa shape index (κ2) is 5.00. The third kappa shape index (κ3) is 2.74. The van der Waals surface area contributed by atoms with Crippen LogP contribution < -0.4 is 9.97 Å². The van der Waals surface area contributed by atoms with Crippen LogP contribution >= 0.6 is 11.3 Å². The van der Waals surface area contributed by atoms with Gasteiger partial charge < -0.3 is 20.0 Å². The first-order valence-electron chi connectivity index (χ1n) is 5.91. The van der Waals surface area contributed by atoms with Crippen molar-refractivity contribution in [3.63, 3.8) is 0 Å². The van der Waals surface area contributed by atoms with Crippen LogP contribution in [0.3, 0.4) is 0 Å². The number of hydrogen-bond acceptors (Lipinski definition) is 6. The fourth-order valence-electron chi connectivity index (χ4n) is 1.79. The van der Waals surface area contributed by atoms with Gasteiger partial charge in [-0.25, -0.2) is 9.37 Å². The standard InChI is InChI=1S/C11H10BFN2O4S/c13-7-4-6(7)10(16)15-11-14-8-2-1-5(19-12(17)18)3-9(8)20-11/h1-3,6-7,17-18H,4H2,(H,14,15,16). The average molecular weight is 296 g/mol. The highest BCUT2D eigenvalue weighted by atomic mass is 32.1. The Morgan fingerprint density at radius 3 is 2.95 bits per heavy atom. The molecule has 0 aliphatic heterocycles. The Balaban J connectivity index is 1.78. The summed E-state index contributed by atoms with van der Waals surface area (Å²) in [6.45, 7) is 0. The highest BCUT2D eigenvalue weighted by Gasteiger charge is 2.43. The largest absolute Gasteiger partial charge is 0.707 e. The number of thiazole rings is 1. The molecule has 1 amide bonds. The number of benzene rings is 1. The van der Waals surface area contributed by atoms with Gasteiger partial charge in [0.2, 0.25) is 5.91 Å². The summed E-state index contributed by atoms with van der Waals surface area (Å²) in [6.07, 6.45) is -0.779. The SMILES string of the molecule is O=C(Nc1nc2ccc(OB(O)O)cc2s1)C1CC1F. The monoisotopic (exact) mass is 296 g/mol. The quantitative estimate of drug-likeness (QED) is 0.730. The van der Waals surface area contributed by atoms with E-state index in [2.05, 4.69) is 10.3 Å². The van der Waals surface area contributed by atoms with Gasteiger partial charge in [0, 0.05) is 0 Å². The fraction of sp³-hybridized carbons (Fsp3) is 0.273. The van der Waals surface area contributed by atoms with Gasteiger partial charge in [-0.05, 0) is 24.6 Å². The third-order valence-corrected chi connectivity index (χ3v) is 3.81.